The molecular formula is C14H18N2O3. The maximum absolute atomic E-state index is 12.0. The molecule has 1 saturated heterocycles. The highest BCUT2D eigenvalue weighted by molar-refractivity contribution is 5.83. The van der Waals surface area contributed by atoms with E-state index < -0.39 is 12.0 Å². The Labute approximate surface area is 112 Å². The van der Waals surface area contributed by atoms with Gasteiger partial charge < -0.3 is 15.3 Å². The SMILES string of the molecule is Cc1cccc(CNC(=O)N2CCC[C@@H]2C(=O)O)c1. The largest absolute Gasteiger partial charge is 0.480 e. The van der Waals surface area contributed by atoms with Gasteiger partial charge in [-0.2, -0.15) is 0 Å². The fourth-order valence-corrected chi connectivity index (χ4v) is 2.37. The molecule has 1 aromatic rings. The molecule has 1 atom stereocenters. The Morgan fingerprint density at radius 3 is 2.95 bits per heavy atom. The number of benzene rings is 1. The molecule has 1 aromatic carbocycles. The summed E-state index contributed by atoms with van der Waals surface area (Å²) in [7, 11) is 0. The Morgan fingerprint density at radius 2 is 2.26 bits per heavy atom. The number of amides is 2. The van der Waals surface area contributed by atoms with Gasteiger partial charge in [0.25, 0.3) is 0 Å². The molecule has 102 valence electrons. The number of hydrogen-bond acceptors (Lipinski definition) is 2. The summed E-state index contributed by atoms with van der Waals surface area (Å²) in [6.07, 6.45) is 1.28. The van der Waals surface area contributed by atoms with Crippen LogP contribution >= 0.6 is 0 Å². The Hall–Kier alpha value is -2.04. The van der Waals surface area contributed by atoms with Crippen LogP contribution in [0.15, 0.2) is 24.3 Å². The number of carbonyl (C=O) groups is 2. The van der Waals surface area contributed by atoms with E-state index >= 15 is 0 Å². The summed E-state index contributed by atoms with van der Waals surface area (Å²) in [5.41, 5.74) is 2.15. The highest BCUT2D eigenvalue weighted by Crippen LogP contribution is 2.17. The van der Waals surface area contributed by atoms with E-state index in [9.17, 15) is 9.59 Å². The highest BCUT2D eigenvalue weighted by Gasteiger charge is 2.33. The summed E-state index contributed by atoms with van der Waals surface area (Å²) in [4.78, 5) is 24.4. The molecule has 2 N–H and O–H groups in total. The van der Waals surface area contributed by atoms with Gasteiger partial charge in [0.2, 0.25) is 0 Å². The van der Waals surface area contributed by atoms with Crippen molar-refractivity contribution in [2.75, 3.05) is 6.54 Å². The first kappa shape index (κ1) is 13.4. The van der Waals surface area contributed by atoms with Gasteiger partial charge in [0.15, 0.2) is 0 Å². The quantitative estimate of drug-likeness (QED) is 0.872. The first-order valence-electron chi connectivity index (χ1n) is 6.41. The molecule has 19 heavy (non-hydrogen) atoms. The number of carbonyl (C=O) groups excluding carboxylic acids is 1. The van der Waals surface area contributed by atoms with Crippen molar-refractivity contribution in [3.8, 4) is 0 Å². The zero-order valence-electron chi connectivity index (χ0n) is 10.9. The molecule has 2 amide bonds. The lowest BCUT2D eigenvalue weighted by atomic mass is 10.1. The number of aryl methyl sites for hydroxylation is 1. The third-order valence-electron chi connectivity index (χ3n) is 3.32. The van der Waals surface area contributed by atoms with Crippen LogP contribution in [0.4, 0.5) is 4.79 Å². The van der Waals surface area contributed by atoms with Gasteiger partial charge in [0, 0.05) is 13.1 Å². The van der Waals surface area contributed by atoms with Crippen molar-refractivity contribution in [2.24, 2.45) is 0 Å². The molecular weight excluding hydrogens is 244 g/mol. The number of hydrogen-bond donors (Lipinski definition) is 2. The second kappa shape index (κ2) is 5.73. The molecule has 1 fully saturated rings. The highest BCUT2D eigenvalue weighted by atomic mass is 16.4. The molecule has 1 aliphatic rings. The van der Waals surface area contributed by atoms with Crippen LogP contribution in [0.5, 0.6) is 0 Å². The molecule has 0 unspecified atom stereocenters. The van der Waals surface area contributed by atoms with Gasteiger partial charge in [-0.05, 0) is 25.3 Å². The number of rotatable bonds is 3. The molecule has 0 spiro atoms. The first-order chi connectivity index (χ1) is 9.08. The van der Waals surface area contributed by atoms with Gasteiger partial charge in [-0.3, -0.25) is 0 Å². The third kappa shape index (κ3) is 3.24. The van der Waals surface area contributed by atoms with E-state index in [-0.39, 0.29) is 6.03 Å². The molecule has 0 radical (unpaired) electrons. The van der Waals surface area contributed by atoms with Crippen LogP contribution in [-0.4, -0.2) is 34.6 Å². The van der Waals surface area contributed by atoms with Crippen molar-refractivity contribution in [3.05, 3.63) is 35.4 Å². The number of carboxylic acid groups (broad SMARTS) is 1. The Balaban J connectivity index is 1.92. The van der Waals surface area contributed by atoms with Crippen molar-refractivity contribution in [2.45, 2.75) is 32.4 Å². The number of aliphatic carboxylic acids is 1. The average molecular weight is 262 g/mol. The second-order valence-electron chi connectivity index (χ2n) is 4.84. The lowest BCUT2D eigenvalue weighted by molar-refractivity contribution is -0.141. The van der Waals surface area contributed by atoms with Crippen LogP contribution in [0.1, 0.15) is 24.0 Å². The fourth-order valence-electron chi connectivity index (χ4n) is 2.37. The fraction of sp³-hybridized carbons (Fsp3) is 0.429. The predicted octanol–water partition coefficient (Wildman–Crippen LogP) is 1.75. The minimum atomic E-state index is -0.928. The minimum Gasteiger partial charge on any atom is -0.480 e. The number of nitrogens with one attached hydrogen (secondary N) is 1. The molecule has 0 bridgehead atoms. The second-order valence-corrected chi connectivity index (χ2v) is 4.84. The minimum absolute atomic E-state index is 0.300. The van der Waals surface area contributed by atoms with Gasteiger partial charge in [0.1, 0.15) is 6.04 Å². The number of urea groups is 1. The van der Waals surface area contributed by atoms with Crippen LogP contribution in [-0.2, 0) is 11.3 Å². The van der Waals surface area contributed by atoms with E-state index in [4.69, 9.17) is 5.11 Å². The van der Waals surface area contributed by atoms with Gasteiger partial charge in [-0.25, -0.2) is 9.59 Å². The molecule has 5 nitrogen and oxygen atoms in total. The first-order valence-corrected chi connectivity index (χ1v) is 6.41. The number of carboxylic acids is 1. The molecule has 0 aliphatic carbocycles. The third-order valence-corrected chi connectivity index (χ3v) is 3.32. The standard InChI is InChI=1S/C14H18N2O3/c1-10-4-2-5-11(8-10)9-15-14(19)16-7-3-6-12(16)13(17)18/h2,4-5,8,12H,3,6-7,9H2,1H3,(H,15,19)(H,17,18)/t12-/m1/s1. The van der Waals surface area contributed by atoms with E-state index in [1.165, 1.54) is 4.90 Å². The van der Waals surface area contributed by atoms with Gasteiger partial charge >= 0.3 is 12.0 Å². The predicted molar refractivity (Wildman–Crippen MR) is 70.8 cm³/mol. The van der Waals surface area contributed by atoms with Crippen molar-refractivity contribution >= 4 is 12.0 Å². The molecule has 1 aliphatic heterocycles. The van der Waals surface area contributed by atoms with Crippen LogP contribution in [0.25, 0.3) is 0 Å². The molecule has 0 aromatic heterocycles. The van der Waals surface area contributed by atoms with Crippen molar-refractivity contribution < 1.29 is 14.7 Å². The summed E-state index contributed by atoms with van der Waals surface area (Å²) < 4.78 is 0. The van der Waals surface area contributed by atoms with Crippen molar-refractivity contribution in [1.82, 2.24) is 10.2 Å². The molecule has 1 heterocycles. The Morgan fingerprint density at radius 1 is 1.47 bits per heavy atom. The molecule has 5 heteroatoms. The van der Waals surface area contributed by atoms with Crippen LogP contribution in [0.2, 0.25) is 0 Å². The molecule has 2 rings (SSSR count). The van der Waals surface area contributed by atoms with E-state index in [1.54, 1.807) is 0 Å². The monoisotopic (exact) mass is 262 g/mol. The summed E-state index contributed by atoms with van der Waals surface area (Å²) in [5, 5.41) is 11.8. The molecule has 0 saturated carbocycles. The van der Waals surface area contributed by atoms with Crippen molar-refractivity contribution in [1.29, 1.82) is 0 Å². The number of nitrogens with zero attached hydrogens (tertiary/aromatic N) is 1. The average Bonchev–Trinajstić information content (AvgIpc) is 2.85. The van der Waals surface area contributed by atoms with Gasteiger partial charge in [-0.15, -0.1) is 0 Å². The van der Waals surface area contributed by atoms with E-state index in [0.717, 1.165) is 17.5 Å². The van der Waals surface area contributed by atoms with Crippen LogP contribution in [0, 0.1) is 6.92 Å². The zero-order valence-corrected chi connectivity index (χ0v) is 10.9. The van der Waals surface area contributed by atoms with E-state index in [2.05, 4.69) is 5.32 Å². The maximum Gasteiger partial charge on any atom is 0.326 e. The Bertz CT molecular complexity index is 487. The lowest BCUT2D eigenvalue weighted by Gasteiger charge is -2.21. The zero-order chi connectivity index (χ0) is 13.8. The van der Waals surface area contributed by atoms with Crippen LogP contribution < -0.4 is 5.32 Å². The summed E-state index contributed by atoms with van der Waals surface area (Å²) in [6.45, 7) is 2.92. The van der Waals surface area contributed by atoms with Crippen LogP contribution in [0.3, 0.4) is 0 Å². The van der Waals surface area contributed by atoms with E-state index in [1.807, 2.05) is 31.2 Å². The van der Waals surface area contributed by atoms with Gasteiger partial charge in [0.05, 0.1) is 0 Å². The smallest absolute Gasteiger partial charge is 0.326 e. The summed E-state index contributed by atoms with van der Waals surface area (Å²) in [6, 6.07) is 6.88. The van der Waals surface area contributed by atoms with E-state index in [0.29, 0.717) is 19.5 Å². The van der Waals surface area contributed by atoms with Gasteiger partial charge in [-0.1, -0.05) is 29.8 Å². The topological polar surface area (TPSA) is 69.6 Å². The lowest BCUT2D eigenvalue weighted by Crippen LogP contribution is -2.45. The maximum atomic E-state index is 12.0. The number of likely N-dealkylation sites (tertiary alicyclic amines) is 1. The summed E-state index contributed by atoms with van der Waals surface area (Å²) in [5.74, 6) is -0.928. The Kier molecular flexibility index (Phi) is 4.04. The summed E-state index contributed by atoms with van der Waals surface area (Å²) >= 11 is 0. The normalized spacial score (nSPS) is 18.4. The van der Waals surface area contributed by atoms with Crippen molar-refractivity contribution in [3.63, 3.8) is 0 Å².